The molecule has 0 bridgehead atoms. The predicted octanol–water partition coefficient (Wildman–Crippen LogP) is 1.47. The number of benzene rings is 1. The molecular formula is C10H8N6O3. The van der Waals surface area contributed by atoms with Crippen LogP contribution in [0.4, 0.5) is 11.4 Å². The third-order valence-corrected chi connectivity index (χ3v) is 2.62. The van der Waals surface area contributed by atoms with Gasteiger partial charge in [0.05, 0.1) is 22.8 Å². The van der Waals surface area contributed by atoms with E-state index in [1.807, 2.05) is 6.07 Å². The number of nitro groups is 1. The summed E-state index contributed by atoms with van der Waals surface area (Å²) < 4.78 is 4.57. The molecule has 0 aliphatic heterocycles. The topological polar surface area (TPSA) is 123 Å². The summed E-state index contributed by atoms with van der Waals surface area (Å²) in [6.45, 7) is 0.486. The van der Waals surface area contributed by atoms with E-state index >= 15 is 0 Å². The molecule has 2 N–H and O–H groups in total. The van der Waals surface area contributed by atoms with E-state index in [9.17, 15) is 10.1 Å². The van der Waals surface area contributed by atoms with E-state index in [2.05, 4.69) is 30.5 Å². The van der Waals surface area contributed by atoms with Gasteiger partial charge in [0.2, 0.25) is 5.52 Å². The van der Waals surface area contributed by atoms with Crippen LogP contribution < -0.4 is 5.32 Å². The molecule has 0 unspecified atom stereocenters. The van der Waals surface area contributed by atoms with Crippen molar-refractivity contribution < 1.29 is 9.55 Å². The molecule has 0 amide bonds. The Bertz CT molecular complexity index is 720. The summed E-state index contributed by atoms with van der Waals surface area (Å²) in [4.78, 5) is 10.3. The summed E-state index contributed by atoms with van der Waals surface area (Å²) in [6, 6.07) is 4.75. The largest absolute Gasteiger partial charge is 0.377 e. The molecule has 96 valence electrons. The molecule has 2 aromatic heterocycles. The van der Waals surface area contributed by atoms with E-state index < -0.39 is 4.92 Å². The number of hydrogen-bond donors (Lipinski definition) is 2. The average Bonchev–Trinajstić information content (AvgIpc) is 3.06. The highest BCUT2D eigenvalue weighted by molar-refractivity contribution is 5.93. The number of anilines is 1. The molecule has 0 atom stereocenters. The normalized spacial score (nSPS) is 10.7. The maximum atomic E-state index is 10.8. The number of nitrogens with zero attached hydrogens (tertiary/aromatic N) is 4. The summed E-state index contributed by atoms with van der Waals surface area (Å²) in [5.74, 6) is 0. The van der Waals surface area contributed by atoms with Gasteiger partial charge < -0.3 is 5.32 Å². The van der Waals surface area contributed by atoms with Crippen molar-refractivity contribution in [3.8, 4) is 0 Å². The highest BCUT2D eigenvalue weighted by atomic mass is 16.6. The second-order valence-corrected chi connectivity index (χ2v) is 3.79. The van der Waals surface area contributed by atoms with Gasteiger partial charge in [-0.25, -0.2) is 4.63 Å². The highest BCUT2D eigenvalue weighted by Crippen LogP contribution is 2.28. The average molecular weight is 260 g/mol. The van der Waals surface area contributed by atoms with Crippen LogP contribution in [0.1, 0.15) is 5.69 Å². The van der Waals surface area contributed by atoms with Gasteiger partial charge in [-0.15, -0.1) is 0 Å². The number of non-ortho nitro benzene ring substituents is 1. The third-order valence-electron chi connectivity index (χ3n) is 2.62. The van der Waals surface area contributed by atoms with Gasteiger partial charge >= 0.3 is 5.69 Å². The number of H-pyrrole nitrogens is 1. The number of aromatic amines is 1. The molecule has 9 heteroatoms. The first-order valence-electron chi connectivity index (χ1n) is 5.37. The van der Waals surface area contributed by atoms with E-state index in [1.54, 1.807) is 12.3 Å². The fourth-order valence-corrected chi connectivity index (χ4v) is 1.72. The Morgan fingerprint density at radius 3 is 2.89 bits per heavy atom. The van der Waals surface area contributed by atoms with E-state index in [0.29, 0.717) is 17.7 Å². The van der Waals surface area contributed by atoms with Crippen molar-refractivity contribution in [3.05, 3.63) is 40.2 Å². The van der Waals surface area contributed by atoms with Crippen LogP contribution >= 0.6 is 0 Å². The quantitative estimate of drug-likeness (QED) is 0.537. The Balaban J connectivity index is 1.94. The summed E-state index contributed by atoms with van der Waals surface area (Å²) in [7, 11) is 0. The van der Waals surface area contributed by atoms with Crippen molar-refractivity contribution in [2.24, 2.45) is 0 Å². The molecule has 0 radical (unpaired) electrons. The molecule has 0 saturated heterocycles. The lowest BCUT2D eigenvalue weighted by molar-refractivity contribution is -0.383. The number of hydrogen-bond acceptors (Lipinski definition) is 7. The van der Waals surface area contributed by atoms with Gasteiger partial charge in [-0.1, -0.05) is 0 Å². The van der Waals surface area contributed by atoms with E-state index in [4.69, 9.17) is 0 Å². The monoisotopic (exact) mass is 260 g/mol. The predicted molar refractivity (Wildman–Crippen MR) is 64.4 cm³/mol. The van der Waals surface area contributed by atoms with Crippen molar-refractivity contribution in [1.29, 1.82) is 0 Å². The molecule has 9 nitrogen and oxygen atoms in total. The van der Waals surface area contributed by atoms with Crippen LogP contribution in [0.5, 0.6) is 0 Å². The zero-order valence-electron chi connectivity index (χ0n) is 9.53. The van der Waals surface area contributed by atoms with Crippen LogP contribution in [-0.2, 0) is 6.54 Å². The molecule has 1 aromatic carbocycles. The van der Waals surface area contributed by atoms with Crippen molar-refractivity contribution in [2.75, 3.05) is 5.32 Å². The van der Waals surface area contributed by atoms with Gasteiger partial charge in [0.1, 0.15) is 0 Å². The number of fused-ring (bicyclic) bond motifs is 1. The number of nitro benzene ring substituents is 1. The van der Waals surface area contributed by atoms with Crippen LogP contribution in [0.2, 0.25) is 0 Å². The van der Waals surface area contributed by atoms with Crippen molar-refractivity contribution in [1.82, 2.24) is 20.5 Å². The zero-order valence-corrected chi connectivity index (χ0v) is 9.53. The van der Waals surface area contributed by atoms with Gasteiger partial charge in [0, 0.05) is 12.3 Å². The summed E-state index contributed by atoms with van der Waals surface area (Å²) >= 11 is 0. The minimum Gasteiger partial charge on any atom is -0.377 e. The Kier molecular flexibility index (Phi) is 2.56. The van der Waals surface area contributed by atoms with E-state index in [-0.39, 0.29) is 11.2 Å². The molecule has 3 rings (SSSR count). The van der Waals surface area contributed by atoms with Gasteiger partial charge in [-0.3, -0.25) is 15.2 Å². The fourth-order valence-electron chi connectivity index (χ4n) is 1.72. The third kappa shape index (κ3) is 1.97. The van der Waals surface area contributed by atoms with E-state index in [1.165, 1.54) is 6.07 Å². The zero-order chi connectivity index (χ0) is 13.2. The molecule has 0 fully saturated rings. The number of nitrogens with one attached hydrogen (secondary N) is 2. The van der Waals surface area contributed by atoms with Crippen LogP contribution in [0, 0.1) is 10.1 Å². The maximum Gasteiger partial charge on any atom is 0.300 e. The second kappa shape index (κ2) is 4.37. The van der Waals surface area contributed by atoms with Gasteiger partial charge in [0.15, 0.2) is 5.52 Å². The minimum atomic E-state index is -0.523. The lowest BCUT2D eigenvalue weighted by Crippen LogP contribution is -2.01. The summed E-state index contributed by atoms with van der Waals surface area (Å²) in [6.07, 6.45) is 1.64. The summed E-state index contributed by atoms with van der Waals surface area (Å²) in [5, 5.41) is 27.8. The molecule has 2 heterocycles. The Labute approximate surface area is 105 Å². The van der Waals surface area contributed by atoms with Crippen molar-refractivity contribution in [2.45, 2.75) is 6.54 Å². The van der Waals surface area contributed by atoms with Gasteiger partial charge in [0.25, 0.3) is 0 Å². The molecule has 3 aromatic rings. The Morgan fingerprint density at radius 2 is 2.16 bits per heavy atom. The van der Waals surface area contributed by atoms with Crippen LogP contribution in [0.15, 0.2) is 29.0 Å². The van der Waals surface area contributed by atoms with Crippen LogP contribution in [0.3, 0.4) is 0 Å². The standard InChI is InChI=1S/C10H8N6O3/c17-16(18)8-2-1-7(9-10(8)15-19-14-9)11-5-6-3-4-12-13-6/h1-4,11H,5H2,(H,12,13). The van der Waals surface area contributed by atoms with Crippen molar-refractivity contribution >= 4 is 22.4 Å². The first-order valence-corrected chi connectivity index (χ1v) is 5.37. The molecular weight excluding hydrogens is 252 g/mol. The molecule has 0 saturated carbocycles. The lowest BCUT2D eigenvalue weighted by atomic mass is 10.2. The van der Waals surface area contributed by atoms with Crippen LogP contribution in [-0.4, -0.2) is 25.4 Å². The number of aromatic nitrogens is 4. The maximum absolute atomic E-state index is 10.8. The first-order chi connectivity index (χ1) is 9.25. The summed E-state index contributed by atoms with van der Waals surface area (Å²) in [5.41, 5.74) is 1.80. The Morgan fingerprint density at radius 1 is 1.32 bits per heavy atom. The molecule has 0 aliphatic carbocycles. The molecule has 19 heavy (non-hydrogen) atoms. The Hall–Kier alpha value is -2.97. The van der Waals surface area contributed by atoms with Crippen LogP contribution in [0.25, 0.3) is 11.0 Å². The highest BCUT2D eigenvalue weighted by Gasteiger charge is 2.19. The van der Waals surface area contributed by atoms with E-state index in [0.717, 1.165) is 5.69 Å². The second-order valence-electron chi connectivity index (χ2n) is 3.79. The van der Waals surface area contributed by atoms with Gasteiger partial charge in [-0.2, -0.15) is 5.10 Å². The minimum absolute atomic E-state index is 0.125. The fraction of sp³-hybridized carbons (Fsp3) is 0.100. The number of rotatable bonds is 4. The van der Waals surface area contributed by atoms with Crippen molar-refractivity contribution in [3.63, 3.8) is 0 Å². The molecule has 0 aliphatic rings. The SMILES string of the molecule is O=[N+]([O-])c1ccc(NCc2ccn[nH]2)c2nonc12. The smallest absolute Gasteiger partial charge is 0.300 e. The first kappa shape index (κ1) is 11.1. The molecule has 0 spiro atoms. The van der Waals surface area contributed by atoms with Gasteiger partial charge in [-0.05, 0) is 22.4 Å². The lowest BCUT2D eigenvalue weighted by Gasteiger charge is -2.04.